The summed E-state index contributed by atoms with van der Waals surface area (Å²) < 4.78 is 18.9. The fourth-order valence-electron chi connectivity index (χ4n) is 2.78. The Kier molecular flexibility index (Phi) is 7.09. The molecule has 0 unspecified atom stereocenters. The largest absolute Gasteiger partial charge is 0.493 e. The van der Waals surface area contributed by atoms with Gasteiger partial charge in [0.05, 0.1) is 31.0 Å². The Labute approximate surface area is 177 Å². The van der Waals surface area contributed by atoms with Crippen molar-refractivity contribution in [3.05, 3.63) is 57.9 Å². The average molecular weight is 433 g/mol. The van der Waals surface area contributed by atoms with Crippen LogP contribution in [0.25, 0.3) is 16.3 Å². The number of rotatable bonds is 7. The van der Waals surface area contributed by atoms with Crippen molar-refractivity contribution in [1.29, 1.82) is 0 Å². The molecule has 1 heterocycles. The first-order chi connectivity index (χ1) is 14.1. The molecule has 0 fully saturated rings. The summed E-state index contributed by atoms with van der Waals surface area (Å²) in [6, 6.07) is 11.1. The number of carbonyl (C=O) groups excluding carboxylic acids is 1. The van der Waals surface area contributed by atoms with E-state index in [1.165, 1.54) is 17.4 Å². The number of hydrogen-bond acceptors (Lipinski definition) is 5. The molecule has 6 nitrogen and oxygen atoms in total. The van der Waals surface area contributed by atoms with Crippen molar-refractivity contribution >= 4 is 45.1 Å². The fourth-order valence-corrected chi connectivity index (χ4v) is 4.05. The Morgan fingerprint density at radius 2 is 1.90 bits per heavy atom. The molecule has 0 atom stereocenters. The lowest BCUT2D eigenvalue weighted by atomic mass is 10.2. The van der Waals surface area contributed by atoms with E-state index < -0.39 is 0 Å². The number of thiazole rings is 1. The second kappa shape index (κ2) is 9.73. The number of benzene rings is 2. The molecule has 0 saturated carbocycles. The van der Waals surface area contributed by atoms with Crippen molar-refractivity contribution in [3.8, 4) is 11.5 Å². The first-order valence-electron chi connectivity index (χ1n) is 8.83. The smallest absolute Gasteiger partial charge is 0.272 e. The molecule has 0 aliphatic carbocycles. The van der Waals surface area contributed by atoms with E-state index in [0.29, 0.717) is 34.5 Å². The monoisotopic (exact) mass is 432 g/mol. The Balaban J connectivity index is 2.04. The molecular formula is C21H21ClN2O4S. The van der Waals surface area contributed by atoms with Gasteiger partial charge in [0.2, 0.25) is 0 Å². The Morgan fingerprint density at radius 1 is 1.17 bits per heavy atom. The minimum Gasteiger partial charge on any atom is -0.493 e. The number of fused-ring (bicyclic) bond motifs is 1. The molecule has 0 radical (unpaired) electrons. The highest BCUT2D eigenvalue weighted by atomic mass is 35.5. The van der Waals surface area contributed by atoms with Gasteiger partial charge in [-0.1, -0.05) is 41.1 Å². The summed E-state index contributed by atoms with van der Waals surface area (Å²) in [5, 5.41) is 0.577. The van der Waals surface area contributed by atoms with E-state index >= 15 is 0 Å². The Bertz CT molecular complexity index is 1120. The third-order valence-corrected chi connectivity index (χ3v) is 5.61. The molecule has 0 bridgehead atoms. The molecular weight excluding hydrogens is 412 g/mol. The van der Waals surface area contributed by atoms with Crippen LogP contribution < -0.4 is 14.3 Å². The van der Waals surface area contributed by atoms with Crippen molar-refractivity contribution in [2.45, 2.75) is 6.54 Å². The molecule has 3 aromatic rings. The number of aromatic nitrogens is 1. The summed E-state index contributed by atoms with van der Waals surface area (Å²) in [4.78, 5) is 17.3. The predicted octanol–water partition coefficient (Wildman–Crippen LogP) is 4.16. The highest BCUT2D eigenvalue weighted by Gasteiger charge is 2.13. The van der Waals surface area contributed by atoms with Crippen LogP contribution in [0.3, 0.4) is 0 Å². The first kappa shape index (κ1) is 21.1. The molecule has 152 valence electrons. The third kappa shape index (κ3) is 4.87. The van der Waals surface area contributed by atoms with E-state index in [9.17, 15) is 4.79 Å². The van der Waals surface area contributed by atoms with Gasteiger partial charge >= 0.3 is 0 Å². The highest BCUT2D eigenvalue weighted by molar-refractivity contribution is 7.16. The molecule has 0 aliphatic rings. The number of halogens is 1. The van der Waals surface area contributed by atoms with Crippen molar-refractivity contribution in [2.75, 3.05) is 27.9 Å². The van der Waals surface area contributed by atoms with Crippen LogP contribution >= 0.6 is 22.9 Å². The summed E-state index contributed by atoms with van der Waals surface area (Å²) in [6.45, 7) is 1.03. The van der Waals surface area contributed by atoms with Gasteiger partial charge in [0, 0.05) is 36.9 Å². The van der Waals surface area contributed by atoms with Crippen LogP contribution in [0.1, 0.15) is 5.56 Å². The van der Waals surface area contributed by atoms with E-state index in [4.69, 9.17) is 25.8 Å². The zero-order valence-electron chi connectivity index (χ0n) is 16.3. The number of nitrogens with zero attached hydrogens (tertiary/aromatic N) is 2. The summed E-state index contributed by atoms with van der Waals surface area (Å²) in [7, 11) is 4.81. The normalized spacial score (nSPS) is 12.1. The van der Waals surface area contributed by atoms with Crippen LogP contribution in [0, 0.1) is 0 Å². The van der Waals surface area contributed by atoms with Gasteiger partial charge < -0.3 is 18.8 Å². The van der Waals surface area contributed by atoms with Crippen LogP contribution in [-0.2, 0) is 16.1 Å². The zero-order valence-corrected chi connectivity index (χ0v) is 17.9. The van der Waals surface area contributed by atoms with Gasteiger partial charge in [-0.2, -0.15) is 4.99 Å². The van der Waals surface area contributed by atoms with Gasteiger partial charge in [0.1, 0.15) is 0 Å². The number of hydrogen-bond donors (Lipinski definition) is 0. The van der Waals surface area contributed by atoms with Crippen molar-refractivity contribution < 1.29 is 19.0 Å². The van der Waals surface area contributed by atoms with Crippen LogP contribution in [-0.4, -0.2) is 38.4 Å². The minimum atomic E-state index is -0.374. The van der Waals surface area contributed by atoms with Crippen LogP contribution in [0.4, 0.5) is 0 Å². The standard InChI is InChI=1S/C21H21ClN2O4S/c1-26-11-10-24-16-12-17(27-2)18(28-3)13-19(16)29-21(24)23-20(25)9-8-14-6-4-5-7-15(14)22/h4-9,12-13H,10-11H2,1-3H3/b9-8+,23-21?. The lowest BCUT2D eigenvalue weighted by molar-refractivity contribution is -0.113. The van der Waals surface area contributed by atoms with E-state index in [-0.39, 0.29) is 5.91 Å². The second-order valence-electron chi connectivity index (χ2n) is 6.01. The average Bonchev–Trinajstić information content (AvgIpc) is 3.06. The quantitative estimate of drug-likeness (QED) is 0.526. The van der Waals surface area contributed by atoms with Crippen LogP contribution in [0.2, 0.25) is 5.02 Å². The van der Waals surface area contributed by atoms with E-state index in [1.54, 1.807) is 33.5 Å². The molecule has 0 aliphatic heterocycles. The van der Waals surface area contributed by atoms with Gasteiger partial charge in [-0.05, 0) is 17.7 Å². The number of amides is 1. The minimum absolute atomic E-state index is 0.374. The molecule has 1 amide bonds. The SMILES string of the molecule is COCCn1c(=NC(=O)/C=C/c2ccccc2Cl)sc2cc(OC)c(OC)cc21. The van der Waals surface area contributed by atoms with E-state index in [1.807, 2.05) is 34.9 Å². The predicted molar refractivity (Wildman–Crippen MR) is 116 cm³/mol. The lowest BCUT2D eigenvalue weighted by Gasteiger charge is -2.09. The van der Waals surface area contributed by atoms with Crippen molar-refractivity contribution in [2.24, 2.45) is 4.99 Å². The second-order valence-corrected chi connectivity index (χ2v) is 7.43. The fraction of sp³-hybridized carbons (Fsp3) is 0.238. The molecule has 0 N–H and O–H groups in total. The Hall–Kier alpha value is -2.61. The Morgan fingerprint density at radius 3 is 2.59 bits per heavy atom. The first-order valence-corrected chi connectivity index (χ1v) is 10.0. The molecule has 0 saturated heterocycles. The highest BCUT2D eigenvalue weighted by Crippen LogP contribution is 2.33. The van der Waals surface area contributed by atoms with Crippen LogP contribution in [0.5, 0.6) is 11.5 Å². The molecule has 2 aromatic carbocycles. The molecule has 8 heteroatoms. The van der Waals surface area contributed by atoms with Gasteiger partial charge in [-0.15, -0.1) is 0 Å². The van der Waals surface area contributed by atoms with Gasteiger partial charge in [-0.3, -0.25) is 4.79 Å². The van der Waals surface area contributed by atoms with Crippen molar-refractivity contribution in [3.63, 3.8) is 0 Å². The van der Waals surface area contributed by atoms with Gasteiger partial charge in [0.25, 0.3) is 5.91 Å². The van der Waals surface area contributed by atoms with E-state index in [2.05, 4.69) is 4.99 Å². The van der Waals surface area contributed by atoms with Crippen LogP contribution in [0.15, 0.2) is 47.5 Å². The maximum atomic E-state index is 12.5. The number of carbonyl (C=O) groups is 1. The maximum absolute atomic E-state index is 12.5. The molecule has 29 heavy (non-hydrogen) atoms. The summed E-state index contributed by atoms with van der Waals surface area (Å²) in [5.41, 5.74) is 1.65. The molecule has 3 rings (SSSR count). The van der Waals surface area contributed by atoms with Gasteiger partial charge in [-0.25, -0.2) is 0 Å². The third-order valence-electron chi connectivity index (χ3n) is 4.22. The van der Waals surface area contributed by atoms with Gasteiger partial charge in [0.15, 0.2) is 16.3 Å². The maximum Gasteiger partial charge on any atom is 0.272 e. The number of methoxy groups -OCH3 is 3. The summed E-state index contributed by atoms with van der Waals surface area (Å²) in [6.07, 6.45) is 3.07. The topological polar surface area (TPSA) is 62.1 Å². The summed E-state index contributed by atoms with van der Waals surface area (Å²) in [5.74, 6) is 0.860. The zero-order chi connectivity index (χ0) is 20.8. The van der Waals surface area contributed by atoms with E-state index in [0.717, 1.165) is 15.8 Å². The number of ether oxygens (including phenoxy) is 3. The lowest BCUT2D eigenvalue weighted by Crippen LogP contribution is -2.19. The molecule has 1 aromatic heterocycles. The molecule has 0 spiro atoms. The summed E-state index contributed by atoms with van der Waals surface area (Å²) >= 11 is 7.53. The van der Waals surface area contributed by atoms with Crippen molar-refractivity contribution in [1.82, 2.24) is 4.57 Å².